The molecule has 0 saturated carbocycles. The molecule has 9 heteroatoms. The van der Waals surface area contributed by atoms with Gasteiger partial charge in [0.05, 0.1) is 18.1 Å². The quantitative estimate of drug-likeness (QED) is 0.196. The first-order chi connectivity index (χ1) is 19.8. The van der Waals surface area contributed by atoms with Gasteiger partial charge in [0.25, 0.3) is 5.91 Å². The molecule has 5 atom stereocenters. The molecule has 3 aliphatic heterocycles. The molecule has 2 bridgehead atoms. The molecule has 4 rings (SSSR count). The van der Waals surface area contributed by atoms with Gasteiger partial charge in [-0.3, -0.25) is 14.4 Å². The Bertz CT molecular complexity index is 1130. The van der Waals surface area contributed by atoms with Crippen molar-refractivity contribution in [1.29, 1.82) is 0 Å². The van der Waals surface area contributed by atoms with Crippen LogP contribution < -0.4 is 9.80 Å². The van der Waals surface area contributed by atoms with E-state index in [0.29, 0.717) is 37.8 Å². The summed E-state index contributed by atoms with van der Waals surface area (Å²) >= 11 is 0. The Hall–Kier alpha value is -3.17. The smallest absolute Gasteiger partial charge is 0.312 e. The zero-order valence-electron chi connectivity index (χ0n) is 24.7. The minimum atomic E-state index is -1.15. The third-order valence-electron chi connectivity index (χ3n) is 9.16. The number of fused-ring (bicyclic) bond motifs is 1. The van der Waals surface area contributed by atoms with Crippen LogP contribution >= 0.6 is 0 Å². The molecule has 41 heavy (non-hydrogen) atoms. The molecule has 1 aromatic rings. The standard InChI is InChI=1S/C32H45N3O6/c1-6-11-22-40-30(39)26-25-28(37)35(20-12-21-36)27(32(25)18-17-31(26,8-3)41-32)29(38)34(19-7-2)24-15-13-23(14-16-24)33(9-4)10-5/h6-7,13-16,25-27,36H,1-2,8-12,17-22H2,3-5H3/t25-,26+,27?,31-,32?/m0/s1. The van der Waals surface area contributed by atoms with Crippen LogP contribution in [0.5, 0.6) is 0 Å². The van der Waals surface area contributed by atoms with Gasteiger partial charge in [0.15, 0.2) is 0 Å². The van der Waals surface area contributed by atoms with E-state index in [-0.39, 0.29) is 38.1 Å². The summed E-state index contributed by atoms with van der Waals surface area (Å²) in [5.74, 6) is -2.64. The summed E-state index contributed by atoms with van der Waals surface area (Å²) in [5, 5.41) is 9.63. The van der Waals surface area contributed by atoms with Crippen molar-refractivity contribution in [2.45, 2.75) is 70.1 Å². The van der Waals surface area contributed by atoms with E-state index in [1.807, 2.05) is 31.2 Å². The van der Waals surface area contributed by atoms with E-state index in [1.165, 1.54) is 0 Å². The normalized spacial score (nSPS) is 28.0. The van der Waals surface area contributed by atoms with Crippen molar-refractivity contribution in [3.05, 3.63) is 49.6 Å². The largest absolute Gasteiger partial charge is 0.465 e. The zero-order chi connectivity index (χ0) is 29.8. The van der Waals surface area contributed by atoms with E-state index < -0.39 is 35.0 Å². The number of likely N-dealkylation sites (tertiary alicyclic amines) is 1. The topological polar surface area (TPSA) is 99.6 Å². The highest BCUT2D eigenvalue weighted by Gasteiger charge is 2.79. The van der Waals surface area contributed by atoms with Gasteiger partial charge in [0.2, 0.25) is 5.91 Å². The maximum Gasteiger partial charge on any atom is 0.312 e. The van der Waals surface area contributed by atoms with Gasteiger partial charge in [-0.25, -0.2) is 0 Å². The van der Waals surface area contributed by atoms with Gasteiger partial charge in [0.1, 0.15) is 17.6 Å². The third kappa shape index (κ3) is 5.18. The maximum atomic E-state index is 14.6. The van der Waals surface area contributed by atoms with E-state index in [2.05, 4.69) is 31.9 Å². The summed E-state index contributed by atoms with van der Waals surface area (Å²) in [4.78, 5) is 47.6. The molecule has 2 amide bonds. The Balaban J connectivity index is 1.74. The van der Waals surface area contributed by atoms with Gasteiger partial charge in [-0.2, -0.15) is 0 Å². The highest BCUT2D eigenvalue weighted by Crippen LogP contribution is 2.64. The predicted octanol–water partition coefficient (Wildman–Crippen LogP) is 3.71. The first-order valence-electron chi connectivity index (χ1n) is 14.9. The lowest BCUT2D eigenvalue weighted by Crippen LogP contribution is -2.56. The number of carbonyl (C=O) groups excluding carboxylic acids is 3. The van der Waals surface area contributed by atoms with Crippen LogP contribution in [0.3, 0.4) is 0 Å². The van der Waals surface area contributed by atoms with Gasteiger partial charge in [-0.15, -0.1) is 13.2 Å². The predicted molar refractivity (Wildman–Crippen MR) is 159 cm³/mol. The van der Waals surface area contributed by atoms with Gasteiger partial charge in [0, 0.05) is 44.2 Å². The highest BCUT2D eigenvalue weighted by molar-refractivity contribution is 6.05. The number of nitrogens with zero attached hydrogens (tertiary/aromatic N) is 3. The summed E-state index contributed by atoms with van der Waals surface area (Å²) in [7, 11) is 0. The molecular weight excluding hydrogens is 522 g/mol. The average Bonchev–Trinajstić information content (AvgIpc) is 3.59. The molecule has 3 aliphatic rings. The van der Waals surface area contributed by atoms with Crippen molar-refractivity contribution >= 4 is 29.2 Å². The molecule has 3 heterocycles. The number of benzene rings is 1. The molecule has 0 radical (unpaired) electrons. The van der Waals surface area contributed by atoms with Gasteiger partial charge >= 0.3 is 5.97 Å². The molecule has 1 N–H and O–H groups in total. The minimum Gasteiger partial charge on any atom is -0.465 e. The number of ether oxygens (including phenoxy) is 2. The van der Waals surface area contributed by atoms with E-state index in [9.17, 15) is 19.5 Å². The van der Waals surface area contributed by atoms with Gasteiger partial charge < -0.3 is 29.3 Å². The number of hydrogen-bond donors (Lipinski definition) is 1. The van der Waals surface area contributed by atoms with Crippen LogP contribution in [0.15, 0.2) is 49.6 Å². The van der Waals surface area contributed by atoms with Crippen LogP contribution in [0.2, 0.25) is 0 Å². The number of hydrogen-bond acceptors (Lipinski definition) is 7. The van der Waals surface area contributed by atoms with Gasteiger partial charge in [-0.05, 0) is 70.2 Å². The number of amides is 2. The minimum absolute atomic E-state index is 0.127. The number of carbonyl (C=O) groups is 3. The zero-order valence-corrected chi connectivity index (χ0v) is 24.7. The average molecular weight is 568 g/mol. The van der Waals surface area contributed by atoms with E-state index >= 15 is 0 Å². The number of anilines is 2. The van der Waals surface area contributed by atoms with Crippen LogP contribution in [-0.4, -0.2) is 84.4 Å². The number of rotatable bonds is 15. The maximum absolute atomic E-state index is 14.6. The second kappa shape index (κ2) is 12.8. The Morgan fingerprint density at radius 2 is 1.80 bits per heavy atom. The monoisotopic (exact) mass is 567 g/mol. The lowest BCUT2D eigenvalue weighted by molar-refractivity contribution is -0.160. The lowest BCUT2D eigenvalue weighted by atomic mass is 9.65. The Morgan fingerprint density at radius 1 is 1.12 bits per heavy atom. The molecule has 2 unspecified atom stereocenters. The van der Waals surface area contributed by atoms with E-state index in [0.717, 1.165) is 18.8 Å². The molecule has 224 valence electrons. The van der Waals surface area contributed by atoms with Crippen molar-refractivity contribution in [3.8, 4) is 0 Å². The Kier molecular flexibility index (Phi) is 9.59. The molecular formula is C32H45N3O6. The second-order valence-corrected chi connectivity index (χ2v) is 11.1. The summed E-state index contributed by atoms with van der Waals surface area (Å²) in [5.41, 5.74) is -0.257. The first-order valence-corrected chi connectivity index (χ1v) is 14.9. The summed E-state index contributed by atoms with van der Waals surface area (Å²) in [6, 6.07) is 6.89. The van der Waals surface area contributed by atoms with Crippen LogP contribution in [-0.2, 0) is 23.9 Å². The van der Waals surface area contributed by atoms with Crippen molar-refractivity contribution in [2.24, 2.45) is 11.8 Å². The third-order valence-corrected chi connectivity index (χ3v) is 9.16. The SMILES string of the molecule is C=CCCOC(=O)[C@H]1[C@H]2C(=O)N(CCCO)C(C(=O)N(CC=C)c3ccc(N(CC)CC)cc3)C23CC[C@]1(CC)O3. The molecule has 9 nitrogen and oxygen atoms in total. The van der Waals surface area contributed by atoms with Crippen LogP contribution in [0.25, 0.3) is 0 Å². The summed E-state index contributed by atoms with van der Waals surface area (Å²) < 4.78 is 12.4. The highest BCUT2D eigenvalue weighted by atomic mass is 16.6. The van der Waals surface area contributed by atoms with Crippen molar-refractivity contribution < 1.29 is 29.0 Å². The molecule has 0 aromatic heterocycles. The Morgan fingerprint density at radius 3 is 2.39 bits per heavy atom. The van der Waals surface area contributed by atoms with Crippen molar-refractivity contribution in [2.75, 3.05) is 49.2 Å². The van der Waals surface area contributed by atoms with E-state index in [4.69, 9.17) is 9.47 Å². The Labute approximate surface area is 243 Å². The van der Waals surface area contributed by atoms with Crippen LogP contribution in [0.4, 0.5) is 11.4 Å². The number of aliphatic hydroxyl groups is 1. The molecule has 0 aliphatic carbocycles. The fourth-order valence-electron chi connectivity index (χ4n) is 7.20. The van der Waals surface area contributed by atoms with Crippen molar-refractivity contribution in [3.63, 3.8) is 0 Å². The van der Waals surface area contributed by atoms with Crippen LogP contribution in [0.1, 0.15) is 52.9 Å². The molecule has 1 spiro atoms. The molecule has 3 fully saturated rings. The summed E-state index contributed by atoms with van der Waals surface area (Å²) in [6.45, 7) is 15.9. The molecule has 1 aromatic carbocycles. The summed E-state index contributed by atoms with van der Waals surface area (Å²) in [6.07, 6.45) is 5.74. The van der Waals surface area contributed by atoms with E-state index in [1.54, 1.807) is 22.0 Å². The fraction of sp³-hybridized carbons (Fsp3) is 0.594. The number of aliphatic hydroxyl groups excluding tert-OH is 1. The van der Waals surface area contributed by atoms with Crippen molar-refractivity contribution in [1.82, 2.24) is 4.90 Å². The first kappa shape index (κ1) is 30.8. The van der Waals surface area contributed by atoms with Crippen LogP contribution in [0, 0.1) is 11.8 Å². The molecule has 3 saturated heterocycles. The van der Waals surface area contributed by atoms with Gasteiger partial charge in [-0.1, -0.05) is 19.1 Å². The number of esters is 1. The lowest BCUT2D eigenvalue weighted by Gasteiger charge is -2.37. The fourth-order valence-corrected chi connectivity index (χ4v) is 7.20. The second-order valence-electron chi connectivity index (χ2n) is 11.1.